The monoisotopic (exact) mass is 311 g/mol. The van der Waals surface area contributed by atoms with Gasteiger partial charge < -0.3 is 16.0 Å². The number of aliphatic imine (C=N–C) groups is 1. The van der Waals surface area contributed by atoms with Crippen LogP contribution in [0.5, 0.6) is 0 Å². The highest BCUT2D eigenvalue weighted by atomic mass is 32.1. The number of amides is 1. The van der Waals surface area contributed by atoms with Gasteiger partial charge in [0.05, 0.1) is 6.54 Å². The van der Waals surface area contributed by atoms with E-state index in [1.807, 2.05) is 13.1 Å². The zero-order chi connectivity index (χ0) is 15.5. The summed E-state index contributed by atoms with van der Waals surface area (Å²) in [6, 6.07) is 0. The number of carbonyl (C=O) groups is 1. The molecule has 1 heterocycles. The van der Waals surface area contributed by atoms with E-state index in [2.05, 4.69) is 32.9 Å². The zero-order valence-electron chi connectivity index (χ0n) is 13.0. The van der Waals surface area contributed by atoms with E-state index in [0.29, 0.717) is 25.5 Å². The lowest BCUT2D eigenvalue weighted by Crippen LogP contribution is -2.39. The Balaban J connectivity index is 2.24. The Kier molecular flexibility index (Phi) is 8.42. The number of aromatic nitrogens is 1. The average molecular weight is 311 g/mol. The van der Waals surface area contributed by atoms with Gasteiger partial charge in [-0.05, 0) is 12.8 Å². The highest BCUT2D eigenvalue weighted by molar-refractivity contribution is 7.11. The second-order valence-corrected chi connectivity index (χ2v) is 5.73. The number of guanidine groups is 1. The molecule has 1 amide bonds. The molecular formula is C14H25N5OS. The van der Waals surface area contributed by atoms with Crippen LogP contribution >= 0.6 is 11.3 Å². The van der Waals surface area contributed by atoms with Crippen LogP contribution in [0.3, 0.4) is 0 Å². The number of carbonyl (C=O) groups excluding carboxylic acids is 1. The van der Waals surface area contributed by atoms with Crippen molar-refractivity contribution in [1.82, 2.24) is 20.9 Å². The molecule has 0 aliphatic carbocycles. The van der Waals surface area contributed by atoms with Gasteiger partial charge in [-0.25, -0.2) is 4.98 Å². The molecule has 118 valence electrons. The molecular weight excluding hydrogens is 286 g/mol. The first-order valence-electron chi connectivity index (χ1n) is 7.34. The maximum atomic E-state index is 11.5. The van der Waals surface area contributed by atoms with E-state index in [1.54, 1.807) is 18.4 Å². The maximum Gasteiger partial charge on any atom is 0.221 e. The van der Waals surface area contributed by atoms with Crippen LogP contribution in [-0.2, 0) is 17.8 Å². The molecule has 0 spiro atoms. The fraction of sp³-hybridized carbons (Fsp3) is 0.643. The molecule has 1 aromatic rings. The van der Waals surface area contributed by atoms with Gasteiger partial charge in [0.25, 0.3) is 0 Å². The summed E-state index contributed by atoms with van der Waals surface area (Å²) in [6.07, 6.45) is 4.32. The Labute approximate surface area is 130 Å². The quantitative estimate of drug-likeness (QED) is 0.499. The molecule has 0 saturated carbocycles. The van der Waals surface area contributed by atoms with Crippen LogP contribution in [0.2, 0.25) is 0 Å². The molecule has 6 nitrogen and oxygen atoms in total. The molecule has 0 radical (unpaired) electrons. The van der Waals surface area contributed by atoms with Gasteiger partial charge in [0.15, 0.2) is 5.96 Å². The molecule has 1 rings (SSSR count). The summed E-state index contributed by atoms with van der Waals surface area (Å²) >= 11 is 1.70. The molecule has 21 heavy (non-hydrogen) atoms. The highest BCUT2D eigenvalue weighted by Crippen LogP contribution is 2.12. The number of rotatable bonds is 8. The summed E-state index contributed by atoms with van der Waals surface area (Å²) in [5, 5.41) is 10.2. The van der Waals surface area contributed by atoms with Crippen LogP contribution in [0.15, 0.2) is 11.2 Å². The van der Waals surface area contributed by atoms with Gasteiger partial charge in [-0.1, -0.05) is 13.8 Å². The Morgan fingerprint density at radius 1 is 1.29 bits per heavy atom. The van der Waals surface area contributed by atoms with E-state index in [9.17, 15) is 4.79 Å². The van der Waals surface area contributed by atoms with Gasteiger partial charge in [-0.3, -0.25) is 9.79 Å². The number of nitrogens with one attached hydrogen (secondary N) is 3. The molecule has 0 unspecified atom stereocenters. The topological polar surface area (TPSA) is 78.4 Å². The average Bonchev–Trinajstić information content (AvgIpc) is 2.96. The normalized spacial score (nSPS) is 11.3. The minimum absolute atomic E-state index is 0.0623. The molecule has 0 aliphatic rings. The minimum atomic E-state index is 0.0623. The SMILES string of the molecule is CCCNC(=O)CCNC(=NC)NCc1ncc(CC)s1. The number of nitrogens with zero attached hydrogens (tertiary/aromatic N) is 2. The lowest BCUT2D eigenvalue weighted by molar-refractivity contribution is -0.120. The first kappa shape index (κ1) is 17.4. The Morgan fingerprint density at radius 2 is 2.10 bits per heavy atom. The van der Waals surface area contributed by atoms with Crippen molar-refractivity contribution >= 4 is 23.2 Å². The van der Waals surface area contributed by atoms with E-state index in [-0.39, 0.29) is 5.91 Å². The summed E-state index contributed by atoms with van der Waals surface area (Å²) in [4.78, 5) is 21.2. The summed E-state index contributed by atoms with van der Waals surface area (Å²) < 4.78 is 0. The van der Waals surface area contributed by atoms with E-state index < -0.39 is 0 Å². The predicted octanol–water partition coefficient (Wildman–Crippen LogP) is 1.29. The van der Waals surface area contributed by atoms with Crippen molar-refractivity contribution in [2.24, 2.45) is 4.99 Å². The lowest BCUT2D eigenvalue weighted by Gasteiger charge is -2.10. The predicted molar refractivity (Wildman–Crippen MR) is 87.6 cm³/mol. The van der Waals surface area contributed by atoms with Crippen molar-refractivity contribution in [3.05, 3.63) is 16.1 Å². The van der Waals surface area contributed by atoms with E-state index in [1.165, 1.54) is 4.88 Å². The van der Waals surface area contributed by atoms with Crippen molar-refractivity contribution in [2.75, 3.05) is 20.1 Å². The first-order valence-corrected chi connectivity index (χ1v) is 8.16. The van der Waals surface area contributed by atoms with Crippen molar-refractivity contribution in [1.29, 1.82) is 0 Å². The van der Waals surface area contributed by atoms with Gasteiger partial charge in [0.2, 0.25) is 5.91 Å². The molecule has 3 N–H and O–H groups in total. The number of thiazole rings is 1. The maximum absolute atomic E-state index is 11.5. The van der Waals surface area contributed by atoms with Crippen LogP contribution in [0, 0.1) is 0 Å². The summed E-state index contributed by atoms with van der Waals surface area (Å²) in [5.41, 5.74) is 0. The fourth-order valence-electron chi connectivity index (χ4n) is 1.62. The van der Waals surface area contributed by atoms with Crippen LogP contribution < -0.4 is 16.0 Å². The minimum Gasteiger partial charge on any atom is -0.356 e. The van der Waals surface area contributed by atoms with Crippen molar-refractivity contribution in [3.8, 4) is 0 Å². The third kappa shape index (κ3) is 7.08. The Hall–Kier alpha value is -1.63. The van der Waals surface area contributed by atoms with Gasteiger partial charge in [-0.2, -0.15) is 0 Å². The Morgan fingerprint density at radius 3 is 2.71 bits per heavy atom. The summed E-state index contributed by atoms with van der Waals surface area (Å²) in [6.45, 7) is 6.09. The van der Waals surface area contributed by atoms with Crippen LogP contribution in [-0.4, -0.2) is 37.0 Å². The fourth-order valence-corrected chi connectivity index (χ4v) is 2.42. The molecule has 0 saturated heterocycles. The largest absolute Gasteiger partial charge is 0.356 e. The van der Waals surface area contributed by atoms with Gasteiger partial charge in [0, 0.05) is 37.6 Å². The van der Waals surface area contributed by atoms with Crippen LogP contribution in [0.25, 0.3) is 0 Å². The smallest absolute Gasteiger partial charge is 0.221 e. The molecule has 0 bridgehead atoms. The summed E-state index contributed by atoms with van der Waals surface area (Å²) in [7, 11) is 1.71. The van der Waals surface area contributed by atoms with E-state index in [0.717, 1.165) is 24.4 Å². The number of aryl methyl sites for hydroxylation is 1. The molecule has 0 aromatic carbocycles. The Bertz CT molecular complexity index is 458. The van der Waals surface area contributed by atoms with E-state index in [4.69, 9.17) is 0 Å². The van der Waals surface area contributed by atoms with Crippen molar-refractivity contribution in [2.45, 2.75) is 39.7 Å². The molecule has 1 aromatic heterocycles. The summed E-state index contributed by atoms with van der Waals surface area (Å²) in [5.74, 6) is 0.749. The number of hydrogen-bond acceptors (Lipinski definition) is 4. The zero-order valence-corrected chi connectivity index (χ0v) is 13.8. The number of hydrogen-bond donors (Lipinski definition) is 3. The van der Waals surface area contributed by atoms with Crippen molar-refractivity contribution in [3.63, 3.8) is 0 Å². The third-order valence-electron chi connectivity index (χ3n) is 2.80. The molecule has 0 aliphatic heterocycles. The van der Waals surface area contributed by atoms with Gasteiger partial charge in [0.1, 0.15) is 5.01 Å². The third-order valence-corrected chi connectivity index (χ3v) is 3.94. The second-order valence-electron chi connectivity index (χ2n) is 4.53. The molecule has 7 heteroatoms. The van der Waals surface area contributed by atoms with Crippen molar-refractivity contribution < 1.29 is 4.79 Å². The van der Waals surface area contributed by atoms with E-state index >= 15 is 0 Å². The van der Waals surface area contributed by atoms with Gasteiger partial charge >= 0.3 is 0 Å². The van der Waals surface area contributed by atoms with Crippen LogP contribution in [0.1, 0.15) is 36.6 Å². The first-order chi connectivity index (χ1) is 10.2. The standard InChI is InChI=1S/C14H25N5OS/c1-4-7-16-12(20)6-8-17-14(15-3)19-10-13-18-9-11(5-2)21-13/h9H,4-8,10H2,1-3H3,(H,16,20)(H2,15,17,19). The lowest BCUT2D eigenvalue weighted by atomic mass is 10.4. The highest BCUT2D eigenvalue weighted by Gasteiger charge is 2.04. The molecule has 0 fully saturated rings. The van der Waals surface area contributed by atoms with Crippen LogP contribution in [0.4, 0.5) is 0 Å². The van der Waals surface area contributed by atoms with Gasteiger partial charge in [-0.15, -0.1) is 11.3 Å². The second kappa shape index (κ2) is 10.1. The molecule has 0 atom stereocenters.